The van der Waals surface area contributed by atoms with Crippen molar-refractivity contribution >= 4 is 0 Å². The van der Waals surface area contributed by atoms with Crippen LogP contribution in [0.2, 0.25) is 0 Å². The minimum absolute atomic E-state index is 0.424. The van der Waals surface area contributed by atoms with Crippen molar-refractivity contribution in [3.8, 4) is 34.2 Å². The number of nitrogens with zero attached hydrogens (tertiary/aromatic N) is 6. The first-order valence-electron chi connectivity index (χ1n) is 6.48. The fraction of sp³-hybridized carbons (Fsp3) is 0. The first kappa shape index (κ1) is 12.3. The lowest BCUT2D eigenvalue weighted by molar-refractivity contribution is 0.432. The number of hydrogen-bond acceptors (Lipinski definition) is 7. The minimum atomic E-state index is 0.424. The van der Waals surface area contributed by atoms with Gasteiger partial charge in [0.15, 0.2) is 0 Å². The summed E-state index contributed by atoms with van der Waals surface area (Å²) in [6, 6.07) is 11.2. The van der Waals surface area contributed by atoms with Gasteiger partial charge in [0, 0.05) is 23.5 Å². The third-order valence-corrected chi connectivity index (χ3v) is 3.06. The zero-order chi connectivity index (χ0) is 14.8. The predicted octanol–water partition coefficient (Wildman–Crippen LogP) is 1.98. The van der Waals surface area contributed by atoms with Crippen molar-refractivity contribution in [2.45, 2.75) is 0 Å². The molecule has 4 aromatic rings. The van der Waals surface area contributed by atoms with Gasteiger partial charge in [0.25, 0.3) is 5.89 Å². The van der Waals surface area contributed by atoms with E-state index in [0.29, 0.717) is 17.5 Å². The van der Waals surface area contributed by atoms with Gasteiger partial charge < -0.3 is 4.52 Å². The lowest BCUT2D eigenvalue weighted by atomic mass is 10.1. The van der Waals surface area contributed by atoms with E-state index in [4.69, 9.17) is 4.52 Å². The Morgan fingerprint density at radius 2 is 1.82 bits per heavy atom. The maximum Gasteiger partial charge on any atom is 0.259 e. The van der Waals surface area contributed by atoms with E-state index in [9.17, 15) is 0 Å². The Balaban J connectivity index is 1.71. The molecule has 0 aliphatic heterocycles. The number of tetrazole rings is 1. The van der Waals surface area contributed by atoms with Gasteiger partial charge in [0.05, 0.1) is 5.56 Å². The maximum absolute atomic E-state index is 5.28. The molecule has 0 radical (unpaired) electrons. The molecule has 0 bridgehead atoms. The molecule has 0 atom stereocenters. The summed E-state index contributed by atoms with van der Waals surface area (Å²) >= 11 is 0. The number of hydrogen-bond donors (Lipinski definition) is 1. The Kier molecular flexibility index (Phi) is 2.90. The second-order valence-corrected chi connectivity index (χ2v) is 4.48. The molecule has 0 saturated carbocycles. The second-order valence-electron chi connectivity index (χ2n) is 4.48. The van der Waals surface area contributed by atoms with Crippen LogP contribution in [0.15, 0.2) is 53.3 Å². The lowest BCUT2D eigenvalue weighted by Gasteiger charge is -1.97. The van der Waals surface area contributed by atoms with Crippen LogP contribution in [0, 0.1) is 0 Å². The van der Waals surface area contributed by atoms with Crippen LogP contribution in [0.5, 0.6) is 0 Å². The molecule has 0 unspecified atom stereocenters. The van der Waals surface area contributed by atoms with Gasteiger partial charge in [-0.05, 0) is 23.4 Å². The SMILES string of the molecule is c1cc(-c2nn[nH]n2)cc(-c2noc(-c3cccnc3)n2)c1. The third kappa shape index (κ3) is 2.22. The van der Waals surface area contributed by atoms with Crippen molar-refractivity contribution in [2.75, 3.05) is 0 Å². The first-order valence-corrected chi connectivity index (χ1v) is 6.48. The van der Waals surface area contributed by atoms with E-state index in [1.807, 2.05) is 36.4 Å². The Hall–Kier alpha value is -3.42. The molecule has 106 valence electrons. The normalized spacial score (nSPS) is 10.7. The molecule has 3 aromatic heterocycles. The van der Waals surface area contributed by atoms with Crippen molar-refractivity contribution in [1.29, 1.82) is 0 Å². The van der Waals surface area contributed by atoms with Crippen molar-refractivity contribution in [2.24, 2.45) is 0 Å². The van der Waals surface area contributed by atoms with Gasteiger partial charge in [-0.25, -0.2) is 0 Å². The number of rotatable bonds is 3. The molecule has 0 aliphatic rings. The summed E-state index contributed by atoms with van der Waals surface area (Å²) in [7, 11) is 0. The molecule has 4 rings (SSSR count). The number of H-pyrrole nitrogens is 1. The minimum Gasteiger partial charge on any atom is -0.334 e. The summed E-state index contributed by atoms with van der Waals surface area (Å²) in [6.45, 7) is 0. The summed E-state index contributed by atoms with van der Waals surface area (Å²) in [5.41, 5.74) is 2.40. The van der Waals surface area contributed by atoms with Crippen LogP contribution < -0.4 is 0 Å². The zero-order valence-corrected chi connectivity index (χ0v) is 11.2. The number of aromatic nitrogens is 7. The van der Waals surface area contributed by atoms with Crippen LogP contribution in [0.25, 0.3) is 34.2 Å². The quantitative estimate of drug-likeness (QED) is 0.615. The summed E-state index contributed by atoms with van der Waals surface area (Å²) in [4.78, 5) is 8.43. The van der Waals surface area contributed by atoms with Gasteiger partial charge in [-0.3, -0.25) is 4.98 Å². The number of nitrogens with one attached hydrogen (secondary N) is 1. The van der Waals surface area contributed by atoms with Gasteiger partial charge in [0.1, 0.15) is 0 Å². The highest BCUT2D eigenvalue weighted by Crippen LogP contribution is 2.24. The molecule has 3 heterocycles. The van der Waals surface area contributed by atoms with Crippen LogP contribution in [0.4, 0.5) is 0 Å². The topological polar surface area (TPSA) is 106 Å². The molecule has 8 heteroatoms. The number of benzene rings is 1. The highest BCUT2D eigenvalue weighted by molar-refractivity contribution is 5.66. The van der Waals surface area contributed by atoms with Crippen molar-refractivity contribution in [3.05, 3.63) is 48.8 Å². The van der Waals surface area contributed by atoms with Crippen LogP contribution in [-0.4, -0.2) is 35.7 Å². The lowest BCUT2D eigenvalue weighted by Crippen LogP contribution is -1.85. The highest BCUT2D eigenvalue weighted by atomic mass is 16.5. The summed E-state index contributed by atoms with van der Waals surface area (Å²) in [6.07, 6.45) is 3.36. The Morgan fingerprint density at radius 3 is 2.59 bits per heavy atom. The Labute approximate surface area is 124 Å². The maximum atomic E-state index is 5.28. The number of aromatic amines is 1. The Bertz CT molecular complexity index is 886. The van der Waals surface area contributed by atoms with Gasteiger partial charge in [-0.2, -0.15) is 10.2 Å². The largest absolute Gasteiger partial charge is 0.334 e. The summed E-state index contributed by atoms with van der Waals surface area (Å²) < 4.78 is 5.28. The molecule has 22 heavy (non-hydrogen) atoms. The summed E-state index contributed by atoms with van der Waals surface area (Å²) in [5.74, 6) is 1.43. The zero-order valence-electron chi connectivity index (χ0n) is 11.2. The molecule has 0 fully saturated rings. The second kappa shape index (κ2) is 5.17. The average Bonchev–Trinajstić information content (AvgIpc) is 3.28. The molecule has 1 aromatic carbocycles. The van der Waals surface area contributed by atoms with Crippen LogP contribution in [0.1, 0.15) is 0 Å². The fourth-order valence-electron chi connectivity index (χ4n) is 2.03. The number of pyridine rings is 1. The molecular formula is C14H9N7O. The molecule has 8 nitrogen and oxygen atoms in total. The smallest absolute Gasteiger partial charge is 0.259 e. The monoisotopic (exact) mass is 291 g/mol. The van der Waals surface area contributed by atoms with Crippen molar-refractivity contribution in [3.63, 3.8) is 0 Å². The van der Waals surface area contributed by atoms with E-state index < -0.39 is 0 Å². The van der Waals surface area contributed by atoms with Gasteiger partial charge in [0.2, 0.25) is 11.6 Å². The van der Waals surface area contributed by atoms with Gasteiger partial charge >= 0.3 is 0 Å². The molecular weight excluding hydrogens is 282 g/mol. The van der Waals surface area contributed by atoms with E-state index in [0.717, 1.165) is 16.7 Å². The first-order chi connectivity index (χ1) is 10.9. The molecule has 0 amide bonds. The molecule has 1 N–H and O–H groups in total. The molecule has 0 spiro atoms. The van der Waals surface area contributed by atoms with Crippen LogP contribution in [-0.2, 0) is 0 Å². The molecule has 0 saturated heterocycles. The molecule has 0 aliphatic carbocycles. The van der Waals surface area contributed by atoms with Crippen LogP contribution >= 0.6 is 0 Å². The van der Waals surface area contributed by atoms with E-state index in [2.05, 4.69) is 35.7 Å². The fourth-order valence-corrected chi connectivity index (χ4v) is 2.03. The van der Waals surface area contributed by atoms with E-state index in [1.165, 1.54) is 0 Å². The average molecular weight is 291 g/mol. The van der Waals surface area contributed by atoms with Crippen molar-refractivity contribution < 1.29 is 4.52 Å². The standard InChI is InChI=1S/C14H9N7O/c1-3-9(7-10(4-1)13-17-20-21-18-13)12-16-14(22-19-12)11-5-2-6-15-8-11/h1-8H,(H,17,18,20,21). The Morgan fingerprint density at radius 1 is 0.955 bits per heavy atom. The van der Waals surface area contributed by atoms with E-state index in [1.54, 1.807) is 12.4 Å². The summed E-state index contributed by atoms with van der Waals surface area (Å²) in [5, 5.41) is 17.9. The highest BCUT2D eigenvalue weighted by Gasteiger charge is 2.12. The van der Waals surface area contributed by atoms with Gasteiger partial charge in [-0.15, -0.1) is 10.2 Å². The third-order valence-electron chi connectivity index (χ3n) is 3.06. The van der Waals surface area contributed by atoms with Crippen molar-refractivity contribution in [1.82, 2.24) is 35.7 Å². The van der Waals surface area contributed by atoms with Gasteiger partial charge in [-0.1, -0.05) is 23.4 Å². The van der Waals surface area contributed by atoms with E-state index in [-0.39, 0.29) is 0 Å². The van der Waals surface area contributed by atoms with Crippen LogP contribution in [0.3, 0.4) is 0 Å². The predicted molar refractivity (Wildman–Crippen MR) is 76.1 cm³/mol. The van der Waals surface area contributed by atoms with E-state index >= 15 is 0 Å².